The Labute approximate surface area is 187 Å². The third-order valence-corrected chi connectivity index (χ3v) is 6.73. The molecule has 2 saturated heterocycles. The van der Waals surface area contributed by atoms with E-state index in [4.69, 9.17) is 16.3 Å². The molecule has 0 bridgehead atoms. The molecule has 0 spiro atoms. The van der Waals surface area contributed by atoms with Crippen LogP contribution >= 0.6 is 11.6 Å². The number of piperidine rings is 1. The topological polar surface area (TPSA) is 32.8 Å². The number of ether oxygens (including phenoxy) is 1. The van der Waals surface area contributed by atoms with Crippen LogP contribution < -0.4 is 0 Å². The molecule has 0 aliphatic carbocycles. The zero-order valence-electron chi connectivity index (χ0n) is 19.3. The van der Waals surface area contributed by atoms with E-state index in [1.165, 1.54) is 50.0 Å². The molecule has 5 heteroatoms. The van der Waals surface area contributed by atoms with Crippen molar-refractivity contribution in [2.24, 2.45) is 5.92 Å². The highest BCUT2D eigenvalue weighted by Gasteiger charge is 2.29. The van der Waals surface area contributed by atoms with Crippen molar-refractivity contribution in [1.82, 2.24) is 9.80 Å². The van der Waals surface area contributed by atoms with Crippen molar-refractivity contribution in [2.75, 3.05) is 32.7 Å². The summed E-state index contributed by atoms with van der Waals surface area (Å²) < 4.78 is 5.55. The summed E-state index contributed by atoms with van der Waals surface area (Å²) in [6, 6.07) is 6.44. The highest BCUT2D eigenvalue weighted by atomic mass is 35.5. The van der Waals surface area contributed by atoms with E-state index in [2.05, 4.69) is 24.0 Å². The molecule has 1 atom stereocenters. The van der Waals surface area contributed by atoms with Gasteiger partial charge in [0.05, 0.1) is 0 Å². The van der Waals surface area contributed by atoms with E-state index in [0.717, 1.165) is 37.4 Å². The normalized spacial score (nSPS) is 19.8. The van der Waals surface area contributed by atoms with Crippen LogP contribution in [0.25, 0.3) is 0 Å². The van der Waals surface area contributed by atoms with E-state index in [1.807, 2.05) is 31.7 Å². The lowest BCUT2D eigenvalue weighted by Gasteiger charge is -2.34. The zero-order chi connectivity index (χ0) is 21.7. The number of carbonyl (C=O) groups is 1. The molecular weight excluding hydrogens is 396 g/mol. The summed E-state index contributed by atoms with van der Waals surface area (Å²) in [6.45, 7) is 13.3. The summed E-state index contributed by atoms with van der Waals surface area (Å²) in [7, 11) is 0. The molecule has 0 radical (unpaired) electrons. The van der Waals surface area contributed by atoms with Crippen LogP contribution in [0.15, 0.2) is 18.2 Å². The Bertz CT molecular complexity index is 702. The maximum Gasteiger partial charge on any atom is 0.410 e. The van der Waals surface area contributed by atoms with Crippen molar-refractivity contribution in [3.63, 3.8) is 0 Å². The van der Waals surface area contributed by atoms with Gasteiger partial charge in [0.25, 0.3) is 0 Å². The van der Waals surface area contributed by atoms with Crippen LogP contribution in [0, 0.1) is 5.92 Å². The number of hydrogen-bond acceptors (Lipinski definition) is 3. The number of rotatable bonds is 6. The second-order valence-electron chi connectivity index (χ2n) is 10.1. The van der Waals surface area contributed by atoms with Gasteiger partial charge in [-0.05, 0) is 101 Å². The fourth-order valence-corrected chi connectivity index (χ4v) is 5.02. The highest BCUT2D eigenvalue weighted by molar-refractivity contribution is 6.30. The number of nitrogens with zero attached hydrogens (tertiary/aromatic N) is 2. The molecule has 3 rings (SSSR count). The molecule has 0 aromatic heterocycles. The number of likely N-dealkylation sites (tertiary alicyclic amines) is 2. The van der Waals surface area contributed by atoms with Crippen molar-refractivity contribution in [2.45, 2.75) is 77.7 Å². The van der Waals surface area contributed by atoms with Crippen molar-refractivity contribution in [1.29, 1.82) is 0 Å². The smallest absolute Gasteiger partial charge is 0.410 e. The first-order chi connectivity index (χ1) is 14.2. The maximum atomic E-state index is 12.4. The van der Waals surface area contributed by atoms with Gasteiger partial charge in [0.2, 0.25) is 0 Å². The fourth-order valence-electron chi connectivity index (χ4n) is 4.83. The Kier molecular flexibility index (Phi) is 8.09. The van der Waals surface area contributed by atoms with Gasteiger partial charge in [-0.1, -0.05) is 31.0 Å². The molecule has 0 N–H and O–H groups in total. The zero-order valence-corrected chi connectivity index (χ0v) is 20.0. The largest absolute Gasteiger partial charge is 0.444 e. The van der Waals surface area contributed by atoms with E-state index in [-0.39, 0.29) is 6.09 Å². The Balaban J connectivity index is 1.64. The monoisotopic (exact) mass is 434 g/mol. The van der Waals surface area contributed by atoms with Gasteiger partial charge in [-0.2, -0.15) is 0 Å². The van der Waals surface area contributed by atoms with Gasteiger partial charge in [-0.25, -0.2) is 4.79 Å². The number of amides is 1. The van der Waals surface area contributed by atoms with Crippen molar-refractivity contribution in [3.05, 3.63) is 34.3 Å². The van der Waals surface area contributed by atoms with Crippen LogP contribution in [0.5, 0.6) is 0 Å². The lowest BCUT2D eigenvalue weighted by Crippen LogP contribution is -2.41. The van der Waals surface area contributed by atoms with Gasteiger partial charge < -0.3 is 14.5 Å². The molecule has 4 nitrogen and oxygen atoms in total. The molecular formula is C25H39ClN2O2. The van der Waals surface area contributed by atoms with Gasteiger partial charge in [0, 0.05) is 24.7 Å². The van der Waals surface area contributed by atoms with E-state index in [1.54, 1.807) is 0 Å². The van der Waals surface area contributed by atoms with Crippen LogP contribution in [-0.4, -0.2) is 54.2 Å². The predicted molar refractivity (Wildman–Crippen MR) is 124 cm³/mol. The molecule has 2 heterocycles. The average Bonchev–Trinajstić information content (AvgIpc) is 3.19. The molecule has 0 saturated carbocycles. The minimum Gasteiger partial charge on any atom is -0.444 e. The number of hydrogen-bond donors (Lipinski definition) is 0. The molecule has 1 aromatic carbocycles. The third kappa shape index (κ3) is 6.62. The van der Waals surface area contributed by atoms with E-state index in [0.29, 0.717) is 11.8 Å². The minimum absolute atomic E-state index is 0.186. The van der Waals surface area contributed by atoms with Gasteiger partial charge >= 0.3 is 6.09 Å². The Hall–Kier alpha value is -1.26. The first-order valence-electron chi connectivity index (χ1n) is 11.7. The molecule has 2 aliphatic rings. The summed E-state index contributed by atoms with van der Waals surface area (Å²) in [6.07, 6.45) is 6.75. The number of benzene rings is 1. The van der Waals surface area contributed by atoms with E-state index >= 15 is 0 Å². The minimum atomic E-state index is -0.443. The lowest BCUT2D eigenvalue weighted by atomic mass is 9.83. The maximum absolute atomic E-state index is 12.4. The summed E-state index contributed by atoms with van der Waals surface area (Å²) in [5.74, 6) is 1.16. The van der Waals surface area contributed by atoms with E-state index in [9.17, 15) is 4.79 Å². The summed E-state index contributed by atoms with van der Waals surface area (Å²) >= 11 is 6.40. The summed E-state index contributed by atoms with van der Waals surface area (Å²) in [4.78, 5) is 16.9. The second-order valence-corrected chi connectivity index (χ2v) is 10.5. The first-order valence-corrected chi connectivity index (χ1v) is 12.1. The molecule has 30 heavy (non-hydrogen) atoms. The Morgan fingerprint density at radius 2 is 1.83 bits per heavy atom. The Morgan fingerprint density at radius 1 is 1.17 bits per heavy atom. The van der Waals surface area contributed by atoms with Crippen LogP contribution in [-0.2, 0) is 11.2 Å². The second kappa shape index (κ2) is 10.4. The molecule has 2 fully saturated rings. The van der Waals surface area contributed by atoms with Crippen molar-refractivity contribution >= 4 is 17.7 Å². The highest BCUT2D eigenvalue weighted by Crippen LogP contribution is 2.34. The summed E-state index contributed by atoms with van der Waals surface area (Å²) in [5.41, 5.74) is 2.40. The van der Waals surface area contributed by atoms with Crippen LogP contribution in [0.1, 0.15) is 76.8 Å². The Morgan fingerprint density at radius 3 is 2.43 bits per heavy atom. The van der Waals surface area contributed by atoms with Gasteiger partial charge in [0.15, 0.2) is 0 Å². The molecule has 2 aliphatic heterocycles. The third-order valence-electron chi connectivity index (χ3n) is 6.49. The summed E-state index contributed by atoms with van der Waals surface area (Å²) in [5, 5.41) is 0.830. The number of carbonyl (C=O) groups excluding carboxylic acids is 1. The van der Waals surface area contributed by atoms with Crippen LogP contribution in [0.2, 0.25) is 5.02 Å². The fraction of sp³-hybridized carbons (Fsp3) is 0.720. The van der Waals surface area contributed by atoms with E-state index < -0.39 is 5.60 Å². The van der Waals surface area contributed by atoms with Crippen LogP contribution in [0.4, 0.5) is 4.79 Å². The van der Waals surface area contributed by atoms with Crippen molar-refractivity contribution < 1.29 is 9.53 Å². The van der Waals surface area contributed by atoms with Gasteiger partial charge in [0.1, 0.15) is 5.60 Å². The quantitative estimate of drug-likeness (QED) is 0.540. The van der Waals surface area contributed by atoms with Crippen LogP contribution in [0.3, 0.4) is 0 Å². The average molecular weight is 435 g/mol. The first kappa shape index (κ1) is 23.4. The predicted octanol–water partition coefficient (Wildman–Crippen LogP) is 6.12. The SMILES string of the molecule is CCC(Cc1cc(Cl)ccc1C1CCN(C(=O)OC(C)(C)C)CC1)CN1CCCC1. The van der Waals surface area contributed by atoms with Gasteiger partial charge in [-0.3, -0.25) is 0 Å². The lowest BCUT2D eigenvalue weighted by molar-refractivity contribution is 0.0204. The van der Waals surface area contributed by atoms with Crippen molar-refractivity contribution in [3.8, 4) is 0 Å². The molecule has 1 aromatic rings. The molecule has 1 amide bonds. The van der Waals surface area contributed by atoms with Gasteiger partial charge in [-0.15, -0.1) is 0 Å². The number of halogens is 1. The molecule has 1 unspecified atom stereocenters. The standard InChI is InChI=1S/C25H39ClN2O2/c1-5-19(18-27-12-6-7-13-27)16-21-17-22(26)8-9-23(21)20-10-14-28(15-11-20)24(29)30-25(2,3)4/h8-9,17,19-20H,5-7,10-16,18H2,1-4H3. The molecule has 168 valence electrons.